The number of alkyl halides is 3. The molecule has 1 aliphatic heterocycles. The zero-order valence-corrected chi connectivity index (χ0v) is 29.5. The van der Waals surface area contributed by atoms with Crippen molar-refractivity contribution in [1.82, 2.24) is 19.4 Å². The highest BCUT2D eigenvalue weighted by Crippen LogP contribution is 2.40. The molecule has 2 amide bonds. The van der Waals surface area contributed by atoms with Crippen molar-refractivity contribution in [3.8, 4) is 0 Å². The van der Waals surface area contributed by atoms with Crippen LogP contribution in [0.1, 0.15) is 63.2 Å². The first-order valence-electron chi connectivity index (χ1n) is 16.4. The van der Waals surface area contributed by atoms with E-state index in [0.29, 0.717) is 70.8 Å². The van der Waals surface area contributed by atoms with Gasteiger partial charge in [-0.2, -0.15) is 13.2 Å². The number of pyridine rings is 1. The molecule has 0 bridgehead atoms. The molecule has 0 spiro atoms. The highest BCUT2D eigenvalue weighted by atomic mass is 28.3. The van der Waals surface area contributed by atoms with Crippen LogP contribution >= 0.6 is 0 Å². The molecule has 1 fully saturated rings. The maximum absolute atomic E-state index is 13.7. The average Bonchev–Trinajstić information content (AvgIpc) is 3.38. The number of halogens is 3. The number of hydrogen-bond acceptors (Lipinski definition) is 6. The van der Waals surface area contributed by atoms with Crippen LogP contribution in [0.2, 0.25) is 25.7 Å². The number of hydrogen-bond donors (Lipinski definition) is 0. The first-order chi connectivity index (χ1) is 22.0. The van der Waals surface area contributed by atoms with E-state index in [-0.39, 0.29) is 24.4 Å². The van der Waals surface area contributed by atoms with Crippen LogP contribution < -0.4 is 4.90 Å². The van der Waals surface area contributed by atoms with Crippen LogP contribution in [0.5, 0.6) is 0 Å². The van der Waals surface area contributed by atoms with Crippen LogP contribution in [-0.2, 0) is 16.2 Å². The summed E-state index contributed by atoms with van der Waals surface area (Å²) in [6, 6.07) is 3.05. The fourth-order valence-corrected chi connectivity index (χ4v) is 6.99. The fraction of sp³-hybridized carbons (Fsp3) is 0.697. The minimum atomic E-state index is -4.54. The number of rotatable bonds is 12. The molecule has 14 heteroatoms. The standard InChI is InChI=1S/C33H49F3N6O4Si/c1-32(2,3)46-31(44)41(21-33(34,35)36)20-24-9-11-25(12-10-24)42-22-39(15-8-14-37-4)30(43)27-19-38-29-26(28(27)42)13-16-40(29)23-45-17-18-47(5,6)7/h13,16,19,24-25H,8-12,14-15,17-18,20-23H2,1-3,5-7H3. The third-order valence-corrected chi connectivity index (χ3v) is 10.3. The van der Waals surface area contributed by atoms with Crippen LogP contribution in [0.3, 0.4) is 0 Å². The second-order valence-corrected chi connectivity index (χ2v) is 20.6. The monoisotopic (exact) mass is 678 g/mol. The first-order valence-corrected chi connectivity index (χ1v) is 20.2. The number of fused-ring (bicyclic) bond motifs is 3. The number of amides is 2. The molecule has 1 saturated carbocycles. The Hall–Kier alpha value is -3.31. The predicted octanol–water partition coefficient (Wildman–Crippen LogP) is 7.24. The van der Waals surface area contributed by atoms with E-state index in [2.05, 4.69) is 34.4 Å². The molecule has 10 nitrogen and oxygen atoms in total. The van der Waals surface area contributed by atoms with Crippen LogP contribution in [0.15, 0.2) is 18.5 Å². The lowest BCUT2D eigenvalue weighted by Gasteiger charge is -2.45. The van der Waals surface area contributed by atoms with Crippen molar-refractivity contribution in [2.75, 3.05) is 44.4 Å². The molecule has 2 aliphatic rings. The molecular weight excluding hydrogens is 629 g/mol. The van der Waals surface area contributed by atoms with Crippen molar-refractivity contribution in [3.05, 3.63) is 35.4 Å². The van der Waals surface area contributed by atoms with E-state index in [0.717, 1.165) is 27.7 Å². The molecule has 0 aromatic carbocycles. The number of aromatic nitrogens is 2. The lowest BCUT2D eigenvalue weighted by molar-refractivity contribution is -0.146. The summed E-state index contributed by atoms with van der Waals surface area (Å²) in [5, 5.41) is 0.855. The summed E-state index contributed by atoms with van der Waals surface area (Å²) in [5.41, 5.74) is 1.15. The minimum absolute atomic E-state index is 0.0287. The lowest BCUT2D eigenvalue weighted by Crippen LogP contribution is -2.52. The van der Waals surface area contributed by atoms with Gasteiger partial charge in [0.25, 0.3) is 5.91 Å². The van der Waals surface area contributed by atoms with Crippen molar-refractivity contribution in [1.29, 1.82) is 0 Å². The normalized spacial score (nSPS) is 19.1. The number of anilines is 1. The number of ether oxygens (including phenoxy) is 2. The van der Waals surface area contributed by atoms with Crippen LogP contribution in [0.4, 0.5) is 23.7 Å². The van der Waals surface area contributed by atoms with E-state index in [1.165, 1.54) is 0 Å². The maximum Gasteiger partial charge on any atom is 0.410 e. The van der Waals surface area contributed by atoms with E-state index >= 15 is 0 Å². The second-order valence-electron chi connectivity index (χ2n) is 15.0. The number of nitrogens with zero attached hydrogens (tertiary/aromatic N) is 6. The van der Waals surface area contributed by atoms with E-state index in [1.807, 2.05) is 16.8 Å². The molecule has 4 rings (SSSR count). The van der Waals surface area contributed by atoms with Crippen LogP contribution in [-0.4, -0.2) is 96.7 Å². The Kier molecular flexibility index (Phi) is 11.5. The van der Waals surface area contributed by atoms with Crippen molar-refractivity contribution in [3.63, 3.8) is 0 Å². The zero-order valence-electron chi connectivity index (χ0n) is 28.5. The number of carbonyl (C=O) groups is 2. The Bertz CT molecular complexity index is 1440. The van der Waals surface area contributed by atoms with E-state index in [4.69, 9.17) is 16.0 Å². The average molecular weight is 679 g/mol. The molecule has 0 N–H and O–H groups in total. The molecule has 260 valence electrons. The Morgan fingerprint density at radius 2 is 1.87 bits per heavy atom. The minimum Gasteiger partial charge on any atom is -0.444 e. The molecular formula is C33H49F3N6O4Si. The van der Waals surface area contributed by atoms with Crippen molar-refractivity contribution in [2.24, 2.45) is 5.92 Å². The molecule has 2 aromatic rings. The van der Waals surface area contributed by atoms with Gasteiger partial charge in [0.05, 0.1) is 17.9 Å². The van der Waals surface area contributed by atoms with Gasteiger partial charge in [-0.1, -0.05) is 19.6 Å². The molecule has 2 aromatic heterocycles. The zero-order chi connectivity index (χ0) is 34.6. The Labute approximate surface area is 277 Å². The van der Waals surface area contributed by atoms with E-state index < -0.39 is 32.5 Å². The summed E-state index contributed by atoms with van der Waals surface area (Å²) in [6.07, 6.45) is 1.25. The largest absolute Gasteiger partial charge is 0.444 e. The highest BCUT2D eigenvalue weighted by Gasteiger charge is 2.39. The van der Waals surface area contributed by atoms with E-state index in [1.54, 1.807) is 31.9 Å². The van der Waals surface area contributed by atoms with Gasteiger partial charge in [-0.25, -0.2) is 16.4 Å². The van der Waals surface area contributed by atoms with Gasteiger partial charge >= 0.3 is 12.3 Å². The molecule has 0 saturated heterocycles. The SMILES string of the molecule is [C-]#[N+]CCCN1CN(C2CCC(CN(CC(F)(F)F)C(=O)OC(C)(C)C)CC2)c2c(cnc3c2ccn3COCC[Si](C)(C)C)C1=O. The van der Waals surface area contributed by atoms with E-state index in [9.17, 15) is 22.8 Å². The third kappa shape index (κ3) is 10.1. The second kappa shape index (κ2) is 14.8. The summed E-state index contributed by atoms with van der Waals surface area (Å²) in [4.78, 5) is 39.3. The fourth-order valence-electron chi connectivity index (χ4n) is 6.23. The Morgan fingerprint density at radius 3 is 2.49 bits per heavy atom. The van der Waals surface area contributed by atoms with Gasteiger partial charge in [0.15, 0.2) is 0 Å². The molecule has 0 atom stereocenters. The number of carbonyl (C=O) groups excluding carboxylic acids is 2. The van der Waals surface area contributed by atoms with Crippen LogP contribution in [0, 0.1) is 12.5 Å². The quantitative estimate of drug-likeness (QED) is 0.134. The topological polar surface area (TPSA) is 84.5 Å². The lowest BCUT2D eigenvalue weighted by atomic mass is 9.84. The molecule has 3 heterocycles. The summed E-state index contributed by atoms with van der Waals surface area (Å²) < 4.78 is 53.5. The van der Waals surface area contributed by atoms with Gasteiger partial charge in [-0.3, -0.25) is 9.69 Å². The molecule has 47 heavy (non-hydrogen) atoms. The van der Waals surface area contributed by atoms with Gasteiger partial charge in [0.1, 0.15) is 24.5 Å². The highest BCUT2D eigenvalue weighted by molar-refractivity contribution is 6.76. The van der Waals surface area contributed by atoms with Crippen molar-refractivity contribution in [2.45, 2.75) is 103 Å². The van der Waals surface area contributed by atoms with Crippen molar-refractivity contribution >= 4 is 36.8 Å². The molecule has 1 aliphatic carbocycles. The maximum atomic E-state index is 13.7. The van der Waals surface area contributed by atoms with Gasteiger partial charge in [0.2, 0.25) is 6.54 Å². The summed E-state index contributed by atoms with van der Waals surface area (Å²) in [5.74, 6) is -0.239. The van der Waals surface area contributed by atoms with Gasteiger partial charge < -0.3 is 28.7 Å². The van der Waals surface area contributed by atoms with Gasteiger partial charge in [-0.15, -0.1) is 0 Å². The van der Waals surface area contributed by atoms with Gasteiger partial charge in [0, 0.05) is 58.0 Å². The molecule has 0 radical (unpaired) electrons. The molecule has 0 unspecified atom stereocenters. The predicted molar refractivity (Wildman–Crippen MR) is 178 cm³/mol. The summed E-state index contributed by atoms with van der Waals surface area (Å²) >= 11 is 0. The summed E-state index contributed by atoms with van der Waals surface area (Å²) in [7, 11) is -1.24. The van der Waals surface area contributed by atoms with Crippen molar-refractivity contribution < 1.29 is 32.2 Å². The Morgan fingerprint density at radius 1 is 1.17 bits per heavy atom. The van der Waals surface area contributed by atoms with Gasteiger partial charge in [-0.05, 0) is 64.5 Å². The first kappa shape index (κ1) is 36.5. The summed E-state index contributed by atoms with van der Waals surface area (Å²) in [6.45, 7) is 19.7. The third-order valence-electron chi connectivity index (χ3n) is 8.57. The van der Waals surface area contributed by atoms with Crippen LogP contribution in [0.25, 0.3) is 15.9 Å². The Balaban J connectivity index is 1.54. The smallest absolute Gasteiger partial charge is 0.410 e.